The van der Waals surface area contributed by atoms with Crippen molar-refractivity contribution in [2.45, 2.75) is 26.9 Å². The highest BCUT2D eigenvalue weighted by atomic mass is 32.1. The number of hydrogen-bond donors (Lipinski definition) is 1. The second kappa shape index (κ2) is 6.20. The molecule has 108 valence electrons. The van der Waals surface area contributed by atoms with E-state index in [0.29, 0.717) is 0 Å². The van der Waals surface area contributed by atoms with E-state index in [-0.39, 0.29) is 0 Å². The fourth-order valence-electron chi connectivity index (χ4n) is 2.35. The van der Waals surface area contributed by atoms with E-state index in [9.17, 15) is 0 Å². The van der Waals surface area contributed by atoms with Crippen molar-refractivity contribution < 1.29 is 0 Å². The number of nitrogens with zero attached hydrogens (tertiary/aromatic N) is 3. The molecule has 21 heavy (non-hydrogen) atoms. The minimum Gasteiger partial charge on any atom is -0.306 e. The van der Waals surface area contributed by atoms with E-state index in [1.165, 1.54) is 10.6 Å². The zero-order chi connectivity index (χ0) is 14.7. The van der Waals surface area contributed by atoms with Crippen molar-refractivity contribution in [1.29, 1.82) is 0 Å². The van der Waals surface area contributed by atoms with Crippen LogP contribution in [-0.2, 0) is 13.1 Å². The molecular formula is C16H18N4S. The van der Waals surface area contributed by atoms with Crippen molar-refractivity contribution in [2.75, 3.05) is 0 Å². The first-order valence-electron chi connectivity index (χ1n) is 6.94. The number of aryl methyl sites for hydroxylation is 2. The van der Waals surface area contributed by atoms with E-state index in [1.54, 1.807) is 11.3 Å². The molecule has 2 aromatic heterocycles. The summed E-state index contributed by atoms with van der Waals surface area (Å²) in [6, 6.07) is 10.3. The molecule has 0 saturated heterocycles. The molecule has 0 atom stereocenters. The minimum absolute atomic E-state index is 0.784. The second-order valence-electron chi connectivity index (χ2n) is 4.92. The van der Waals surface area contributed by atoms with Crippen LogP contribution >= 0.6 is 11.3 Å². The Hall–Kier alpha value is -1.98. The lowest BCUT2D eigenvalue weighted by Crippen LogP contribution is -2.15. The Labute approximate surface area is 128 Å². The fourth-order valence-corrected chi connectivity index (χ4v) is 3.11. The average molecular weight is 298 g/mol. The van der Waals surface area contributed by atoms with Gasteiger partial charge in [-0.25, -0.2) is 9.97 Å². The van der Waals surface area contributed by atoms with Crippen molar-refractivity contribution in [2.24, 2.45) is 0 Å². The first-order chi connectivity index (χ1) is 10.2. The maximum absolute atomic E-state index is 4.44. The van der Waals surface area contributed by atoms with Crippen molar-refractivity contribution in [3.8, 4) is 5.69 Å². The smallest absolute Gasteiger partial charge is 0.110 e. The first-order valence-corrected chi connectivity index (χ1v) is 7.76. The van der Waals surface area contributed by atoms with Crippen LogP contribution in [-0.4, -0.2) is 14.5 Å². The van der Waals surface area contributed by atoms with Crippen molar-refractivity contribution >= 4 is 11.3 Å². The van der Waals surface area contributed by atoms with Gasteiger partial charge in [0.1, 0.15) is 5.82 Å². The highest BCUT2D eigenvalue weighted by Crippen LogP contribution is 2.15. The third kappa shape index (κ3) is 3.20. The quantitative estimate of drug-likeness (QED) is 0.786. The molecule has 0 aliphatic heterocycles. The molecule has 0 aliphatic rings. The van der Waals surface area contributed by atoms with Gasteiger partial charge in [0.15, 0.2) is 0 Å². The van der Waals surface area contributed by atoms with E-state index in [0.717, 1.165) is 29.6 Å². The highest BCUT2D eigenvalue weighted by Gasteiger charge is 2.08. The lowest BCUT2D eigenvalue weighted by Gasteiger charge is -2.10. The fraction of sp³-hybridized carbons (Fsp3) is 0.250. The summed E-state index contributed by atoms with van der Waals surface area (Å²) < 4.78 is 2.19. The van der Waals surface area contributed by atoms with Gasteiger partial charge in [0.2, 0.25) is 0 Å². The van der Waals surface area contributed by atoms with Crippen LogP contribution < -0.4 is 5.32 Å². The third-order valence-electron chi connectivity index (χ3n) is 3.30. The number of aromatic nitrogens is 3. The lowest BCUT2D eigenvalue weighted by atomic mass is 10.3. The summed E-state index contributed by atoms with van der Waals surface area (Å²) >= 11 is 1.73. The van der Waals surface area contributed by atoms with Crippen LogP contribution in [0.15, 0.2) is 42.7 Å². The van der Waals surface area contributed by atoms with Crippen LogP contribution in [0.3, 0.4) is 0 Å². The Balaban J connectivity index is 1.72. The Morgan fingerprint density at radius 2 is 1.86 bits per heavy atom. The predicted molar refractivity (Wildman–Crippen MR) is 85.7 cm³/mol. The van der Waals surface area contributed by atoms with Crippen molar-refractivity contribution in [3.05, 3.63) is 64.1 Å². The van der Waals surface area contributed by atoms with Gasteiger partial charge in [0.25, 0.3) is 0 Å². The van der Waals surface area contributed by atoms with Crippen LogP contribution in [0, 0.1) is 13.8 Å². The summed E-state index contributed by atoms with van der Waals surface area (Å²) in [6.07, 6.45) is 3.87. The molecule has 5 heteroatoms. The zero-order valence-corrected chi connectivity index (χ0v) is 13.0. The molecule has 0 bridgehead atoms. The van der Waals surface area contributed by atoms with Gasteiger partial charge < -0.3 is 5.32 Å². The van der Waals surface area contributed by atoms with Gasteiger partial charge in [-0.2, -0.15) is 0 Å². The van der Waals surface area contributed by atoms with E-state index in [2.05, 4.69) is 32.0 Å². The van der Waals surface area contributed by atoms with Crippen molar-refractivity contribution in [1.82, 2.24) is 19.9 Å². The maximum atomic E-state index is 4.44. The number of nitrogens with one attached hydrogen (secondary N) is 1. The van der Waals surface area contributed by atoms with E-state index >= 15 is 0 Å². The van der Waals surface area contributed by atoms with Crippen LogP contribution in [0.25, 0.3) is 5.69 Å². The van der Waals surface area contributed by atoms with Gasteiger partial charge in [-0.3, -0.25) is 4.57 Å². The summed E-state index contributed by atoms with van der Waals surface area (Å²) in [5, 5.41) is 4.57. The minimum atomic E-state index is 0.784. The zero-order valence-electron chi connectivity index (χ0n) is 12.2. The van der Waals surface area contributed by atoms with Crippen LogP contribution in [0.5, 0.6) is 0 Å². The topological polar surface area (TPSA) is 42.7 Å². The monoisotopic (exact) mass is 298 g/mol. The molecule has 3 rings (SSSR count). The third-order valence-corrected chi connectivity index (χ3v) is 4.21. The summed E-state index contributed by atoms with van der Waals surface area (Å²) in [6.45, 7) is 5.68. The summed E-state index contributed by atoms with van der Waals surface area (Å²) in [4.78, 5) is 9.97. The van der Waals surface area contributed by atoms with Gasteiger partial charge in [0.05, 0.1) is 16.9 Å². The van der Waals surface area contributed by atoms with Crippen LogP contribution in [0.4, 0.5) is 0 Å². The standard InChI is InChI=1S/C16H18N4S/c1-12-18-9-15(20(12)14-6-4-3-5-7-14)8-17-10-16-11-19-13(2)21-16/h3-7,9,11,17H,8,10H2,1-2H3. The molecule has 2 heterocycles. The number of para-hydroxylation sites is 1. The predicted octanol–water partition coefficient (Wildman–Crippen LogP) is 3.24. The molecular weight excluding hydrogens is 280 g/mol. The molecule has 0 unspecified atom stereocenters. The number of imidazole rings is 1. The Bertz CT molecular complexity index is 715. The SMILES string of the molecule is Cc1ncc(CNCc2cnc(C)n2-c2ccccc2)s1. The van der Waals surface area contributed by atoms with E-state index in [4.69, 9.17) is 0 Å². The molecule has 1 N–H and O–H groups in total. The normalized spacial score (nSPS) is 11.0. The lowest BCUT2D eigenvalue weighted by molar-refractivity contribution is 0.672. The maximum Gasteiger partial charge on any atom is 0.110 e. The largest absolute Gasteiger partial charge is 0.306 e. The van der Waals surface area contributed by atoms with Crippen molar-refractivity contribution in [3.63, 3.8) is 0 Å². The van der Waals surface area contributed by atoms with Gasteiger partial charge in [-0.15, -0.1) is 11.3 Å². The molecule has 0 saturated carbocycles. The van der Waals surface area contributed by atoms with Crippen LogP contribution in [0.1, 0.15) is 21.4 Å². The van der Waals surface area contributed by atoms with Crippen LogP contribution in [0.2, 0.25) is 0 Å². The molecule has 0 amide bonds. The van der Waals surface area contributed by atoms with Gasteiger partial charge in [-0.1, -0.05) is 18.2 Å². The number of hydrogen-bond acceptors (Lipinski definition) is 4. The Kier molecular flexibility index (Phi) is 4.13. The molecule has 3 aromatic rings. The number of rotatable bonds is 5. The Morgan fingerprint density at radius 1 is 1.05 bits per heavy atom. The summed E-state index contributed by atoms with van der Waals surface area (Å²) in [5.41, 5.74) is 2.32. The number of thiazole rings is 1. The molecule has 0 spiro atoms. The molecule has 0 fully saturated rings. The van der Waals surface area contributed by atoms with Gasteiger partial charge >= 0.3 is 0 Å². The molecule has 1 aromatic carbocycles. The van der Waals surface area contributed by atoms with Gasteiger partial charge in [-0.05, 0) is 26.0 Å². The second-order valence-corrected chi connectivity index (χ2v) is 6.24. The summed E-state index contributed by atoms with van der Waals surface area (Å²) in [5.74, 6) is 1.01. The molecule has 0 aliphatic carbocycles. The van der Waals surface area contributed by atoms with Gasteiger partial charge in [0, 0.05) is 29.9 Å². The Morgan fingerprint density at radius 3 is 2.57 bits per heavy atom. The first kappa shape index (κ1) is 14.0. The van der Waals surface area contributed by atoms with E-state index < -0.39 is 0 Å². The summed E-state index contributed by atoms with van der Waals surface area (Å²) in [7, 11) is 0. The van der Waals surface area contributed by atoms with E-state index in [1.807, 2.05) is 44.4 Å². The average Bonchev–Trinajstić information content (AvgIpc) is 3.06. The molecule has 4 nitrogen and oxygen atoms in total. The number of benzene rings is 1. The molecule has 0 radical (unpaired) electrons. The highest BCUT2D eigenvalue weighted by molar-refractivity contribution is 7.11.